The largest absolute Gasteiger partial charge is 0.493 e. The molecule has 0 fully saturated rings. The molecule has 0 radical (unpaired) electrons. The van der Waals surface area contributed by atoms with Crippen LogP contribution in [-0.4, -0.2) is 32.5 Å². The summed E-state index contributed by atoms with van der Waals surface area (Å²) in [5.74, 6) is 1.44. The molecule has 0 saturated carbocycles. The van der Waals surface area contributed by atoms with Crippen molar-refractivity contribution >= 4 is 0 Å². The van der Waals surface area contributed by atoms with Gasteiger partial charge < -0.3 is 25.1 Å². The Balaban J connectivity index is 3.32. The molecular weight excluding hydrogens is 222 g/mol. The van der Waals surface area contributed by atoms with Gasteiger partial charge in [-0.15, -0.1) is 0 Å². The smallest absolute Gasteiger partial charge is 0.203 e. The summed E-state index contributed by atoms with van der Waals surface area (Å²) in [5.41, 5.74) is 6.26. The van der Waals surface area contributed by atoms with Crippen LogP contribution < -0.4 is 19.9 Å². The fourth-order valence-corrected chi connectivity index (χ4v) is 1.64. The topological polar surface area (TPSA) is 73.9 Å². The van der Waals surface area contributed by atoms with Gasteiger partial charge in [0.2, 0.25) is 5.75 Å². The van der Waals surface area contributed by atoms with Crippen molar-refractivity contribution < 1.29 is 19.3 Å². The van der Waals surface area contributed by atoms with Gasteiger partial charge >= 0.3 is 0 Å². The molecule has 0 bridgehead atoms. The van der Waals surface area contributed by atoms with Gasteiger partial charge in [0.15, 0.2) is 11.5 Å². The molecule has 0 heterocycles. The van der Waals surface area contributed by atoms with Crippen LogP contribution in [0.4, 0.5) is 0 Å². The summed E-state index contributed by atoms with van der Waals surface area (Å²) in [4.78, 5) is 0. The first-order valence-corrected chi connectivity index (χ1v) is 5.29. The fourth-order valence-electron chi connectivity index (χ4n) is 1.64. The van der Waals surface area contributed by atoms with Crippen molar-refractivity contribution in [2.24, 2.45) is 5.73 Å². The highest BCUT2D eigenvalue weighted by atomic mass is 16.5. The average Bonchev–Trinajstić information content (AvgIpc) is 2.35. The zero-order chi connectivity index (χ0) is 13.0. The maximum Gasteiger partial charge on any atom is 0.203 e. The maximum atomic E-state index is 9.99. The predicted octanol–water partition coefficient (Wildman–Crippen LogP) is 1.09. The van der Waals surface area contributed by atoms with Crippen molar-refractivity contribution in [1.82, 2.24) is 0 Å². The van der Waals surface area contributed by atoms with Gasteiger partial charge in [0.1, 0.15) is 0 Å². The number of aliphatic hydroxyl groups is 1. The van der Waals surface area contributed by atoms with Gasteiger partial charge in [-0.2, -0.15) is 0 Å². The van der Waals surface area contributed by atoms with Gasteiger partial charge in [-0.3, -0.25) is 0 Å². The summed E-state index contributed by atoms with van der Waals surface area (Å²) >= 11 is 0. The average molecular weight is 241 g/mol. The van der Waals surface area contributed by atoms with E-state index in [1.54, 1.807) is 26.2 Å². The van der Waals surface area contributed by atoms with E-state index in [1.807, 2.05) is 0 Å². The van der Waals surface area contributed by atoms with Crippen molar-refractivity contribution in [1.29, 1.82) is 0 Å². The highest BCUT2D eigenvalue weighted by molar-refractivity contribution is 5.56. The summed E-state index contributed by atoms with van der Waals surface area (Å²) in [6.45, 7) is 1.72. The molecule has 0 saturated heterocycles. The van der Waals surface area contributed by atoms with E-state index in [1.165, 1.54) is 14.2 Å². The summed E-state index contributed by atoms with van der Waals surface area (Å²) in [6.07, 6.45) is -0.815. The van der Waals surface area contributed by atoms with E-state index in [-0.39, 0.29) is 0 Å². The van der Waals surface area contributed by atoms with Crippen LogP contribution in [-0.2, 0) is 0 Å². The summed E-state index contributed by atoms with van der Waals surface area (Å²) < 4.78 is 15.6. The van der Waals surface area contributed by atoms with E-state index in [0.717, 1.165) is 0 Å². The van der Waals surface area contributed by atoms with Crippen molar-refractivity contribution in [3.05, 3.63) is 17.7 Å². The Labute approximate surface area is 101 Å². The Morgan fingerprint density at radius 2 is 1.65 bits per heavy atom. The summed E-state index contributed by atoms with van der Waals surface area (Å²) in [7, 11) is 4.57. The molecule has 1 aromatic rings. The number of nitrogens with two attached hydrogens (primary N) is 1. The SMILES string of the molecule is COc1ccc(C(O)C(C)N)c(OC)c1OC. The van der Waals surface area contributed by atoms with Gasteiger partial charge in [-0.05, 0) is 19.1 Å². The first-order valence-electron chi connectivity index (χ1n) is 5.29. The predicted molar refractivity (Wildman–Crippen MR) is 64.7 cm³/mol. The first kappa shape index (κ1) is 13.6. The molecule has 96 valence electrons. The van der Waals surface area contributed by atoms with Crippen LogP contribution in [0.15, 0.2) is 12.1 Å². The summed E-state index contributed by atoms with van der Waals surface area (Å²) in [6, 6.07) is 3.03. The van der Waals surface area contributed by atoms with Gasteiger partial charge in [0.25, 0.3) is 0 Å². The minimum absolute atomic E-state index is 0.401. The van der Waals surface area contributed by atoms with Gasteiger partial charge in [0.05, 0.1) is 27.4 Å². The Kier molecular flexibility index (Phi) is 4.60. The Morgan fingerprint density at radius 3 is 2.06 bits per heavy atom. The molecule has 0 aliphatic heterocycles. The van der Waals surface area contributed by atoms with Crippen molar-refractivity contribution in [3.63, 3.8) is 0 Å². The fraction of sp³-hybridized carbons (Fsp3) is 0.500. The van der Waals surface area contributed by atoms with Crippen LogP contribution in [0.25, 0.3) is 0 Å². The second-order valence-electron chi connectivity index (χ2n) is 3.73. The second kappa shape index (κ2) is 5.75. The lowest BCUT2D eigenvalue weighted by Crippen LogP contribution is -2.24. The third-order valence-corrected chi connectivity index (χ3v) is 2.55. The Hall–Kier alpha value is -1.46. The lowest BCUT2D eigenvalue weighted by molar-refractivity contribution is 0.148. The van der Waals surface area contributed by atoms with Crippen molar-refractivity contribution in [3.8, 4) is 17.2 Å². The lowest BCUT2D eigenvalue weighted by Gasteiger charge is -2.20. The van der Waals surface area contributed by atoms with Crippen LogP contribution in [0, 0.1) is 0 Å². The molecule has 3 N–H and O–H groups in total. The zero-order valence-corrected chi connectivity index (χ0v) is 10.6. The normalized spacial score (nSPS) is 14.0. The minimum Gasteiger partial charge on any atom is -0.493 e. The van der Waals surface area contributed by atoms with Gasteiger partial charge in [-0.25, -0.2) is 0 Å². The molecule has 0 aliphatic carbocycles. The molecule has 2 atom stereocenters. The van der Waals surface area contributed by atoms with E-state index in [0.29, 0.717) is 22.8 Å². The molecule has 1 rings (SSSR count). The molecule has 5 nitrogen and oxygen atoms in total. The van der Waals surface area contributed by atoms with E-state index in [9.17, 15) is 5.11 Å². The standard InChI is InChI=1S/C12H19NO4/c1-7(13)10(14)8-5-6-9(15-2)12(17-4)11(8)16-3/h5-7,10,14H,13H2,1-4H3. The molecule has 2 unspecified atom stereocenters. The van der Waals surface area contributed by atoms with Gasteiger partial charge in [-0.1, -0.05) is 0 Å². The first-order chi connectivity index (χ1) is 8.06. The zero-order valence-electron chi connectivity index (χ0n) is 10.6. The Bertz CT molecular complexity index is 379. The molecule has 0 aromatic heterocycles. The van der Waals surface area contributed by atoms with E-state index < -0.39 is 12.1 Å². The highest BCUT2D eigenvalue weighted by Gasteiger charge is 2.22. The van der Waals surface area contributed by atoms with Crippen LogP contribution in [0.2, 0.25) is 0 Å². The quantitative estimate of drug-likeness (QED) is 0.807. The van der Waals surface area contributed by atoms with E-state index in [4.69, 9.17) is 19.9 Å². The lowest BCUT2D eigenvalue weighted by atomic mass is 10.0. The molecule has 0 amide bonds. The third-order valence-electron chi connectivity index (χ3n) is 2.55. The van der Waals surface area contributed by atoms with Crippen molar-refractivity contribution in [2.45, 2.75) is 19.1 Å². The number of aliphatic hydroxyl groups excluding tert-OH is 1. The molecule has 1 aromatic carbocycles. The van der Waals surface area contributed by atoms with Crippen LogP contribution in [0.5, 0.6) is 17.2 Å². The number of rotatable bonds is 5. The third kappa shape index (κ3) is 2.62. The number of hydrogen-bond donors (Lipinski definition) is 2. The van der Waals surface area contributed by atoms with Crippen molar-refractivity contribution in [2.75, 3.05) is 21.3 Å². The maximum absolute atomic E-state index is 9.99. The van der Waals surface area contributed by atoms with Crippen LogP contribution in [0.1, 0.15) is 18.6 Å². The monoisotopic (exact) mass is 241 g/mol. The summed E-state index contributed by atoms with van der Waals surface area (Å²) in [5, 5.41) is 9.99. The number of benzene rings is 1. The molecule has 17 heavy (non-hydrogen) atoms. The van der Waals surface area contributed by atoms with E-state index >= 15 is 0 Å². The number of ether oxygens (including phenoxy) is 3. The van der Waals surface area contributed by atoms with Gasteiger partial charge in [0, 0.05) is 11.6 Å². The number of hydrogen-bond acceptors (Lipinski definition) is 5. The minimum atomic E-state index is -0.815. The highest BCUT2D eigenvalue weighted by Crippen LogP contribution is 2.42. The van der Waals surface area contributed by atoms with Crippen LogP contribution in [0.3, 0.4) is 0 Å². The number of methoxy groups -OCH3 is 3. The molecular formula is C12H19NO4. The molecule has 0 aliphatic rings. The molecule has 0 spiro atoms. The molecule has 5 heteroatoms. The Morgan fingerprint density at radius 1 is 1.06 bits per heavy atom. The van der Waals surface area contributed by atoms with E-state index in [2.05, 4.69) is 0 Å². The van der Waals surface area contributed by atoms with Crippen LogP contribution >= 0.6 is 0 Å². The second-order valence-corrected chi connectivity index (χ2v) is 3.73.